The monoisotopic (exact) mass is 281 g/mol. The molecule has 5 nitrogen and oxygen atoms in total. The Labute approximate surface area is 121 Å². The van der Waals surface area contributed by atoms with Crippen molar-refractivity contribution in [2.24, 2.45) is 5.92 Å². The second-order valence-electron chi connectivity index (χ2n) is 5.59. The van der Waals surface area contributed by atoms with Crippen LogP contribution in [0.4, 0.5) is 0 Å². The van der Waals surface area contributed by atoms with Crippen molar-refractivity contribution < 1.29 is 9.90 Å². The van der Waals surface area contributed by atoms with E-state index in [1.807, 2.05) is 18.5 Å². The van der Waals surface area contributed by atoms with Crippen LogP contribution in [0.15, 0.2) is 6.20 Å². The highest BCUT2D eigenvalue weighted by molar-refractivity contribution is 5.95. The van der Waals surface area contributed by atoms with E-state index >= 15 is 0 Å². The molecule has 0 saturated heterocycles. The number of nitrogens with zero attached hydrogens (tertiary/aromatic N) is 2. The third kappa shape index (κ3) is 4.63. The number of hydrogen-bond acceptors (Lipinski definition) is 3. The molecule has 114 valence electrons. The van der Waals surface area contributed by atoms with E-state index in [0.29, 0.717) is 24.4 Å². The molecule has 0 spiro atoms. The van der Waals surface area contributed by atoms with Crippen molar-refractivity contribution >= 4 is 5.91 Å². The number of aromatic nitrogens is 2. The molecule has 0 aliphatic carbocycles. The summed E-state index contributed by atoms with van der Waals surface area (Å²) in [5, 5.41) is 16.7. The Morgan fingerprint density at radius 1 is 1.45 bits per heavy atom. The van der Waals surface area contributed by atoms with Gasteiger partial charge >= 0.3 is 0 Å². The zero-order valence-electron chi connectivity index (χ0n) is 13.0. The van der Waals surface area contributed by atoms with Crippen molar-refractivity contribution in [1.29, 1.82) is 0 Å². The summed E-state index contributed by atoms with van der Waals surface area (Å²) in [5.41, 5.74) is 1.58. The van der Waals surface area contributed by atoms with Gasteiger partial charge in [-0.3, -0.25) is 9.48 Å². The molecule has 1 rings (SSSR count). The number of amides is 1. The summed E-state index contributed by atoms with van der Waals surface area (Å²) < 4.78 is 1.90. The Hall–Kier alpha value is -1.36. The van der Waals surface area contributed by atoms with E-state index in [4.69, 9.17) is 0 Å². The fourth-order valence-electron chi connectivity index (χ4n) is 2.22. The molecule has 1 amide bonds. The highest BCUT2D eigenvalue weighted by atomic mass is 16.3. The van der Waals surface area contributed by atoms with Crippen LogP contribution in [-0.2, 0) is 13.0 Å². The first kappa shape index (κ1) is 16.7. The molecule has 20 heavy (non-hydrogen) atoms. The predicted molar refractivity (Wildman–Crippen MR) is 79.7 cm³/mol. The molecule has 1 aromatic rings. The molecule has 0 aliphatic rings. The molecule has 0 fully saturated rings. The fourth-order valence-corrected chi connectivity index (χ4v) is 2.22. The molecule has 1 atom stereocenters. The van der Waals surface area contributed by atoms with Gasteiger partial charge in [0.25, 0.3) is 5.91 Å². The predicted octanol–water partition coefficient (Wildman–Crippen LogP) is 1.99. The van der Waals surface area contributed by atoms with Crippen LogP contribution in [0.3, 0.4) is 0 Å². The Balaban J connectivity index is 2.70. The Bertz CT molecular complexity index is 427. The fraction of sp³-hybridized carbons (Fsp3) is 0.733. The molecular formula is C15H27N3O2. The number of nitrogens with one attached hydrogen (secondary N) is 1. The molecular weight excluding hydrogens is 254 g/mol. The third-order valence-corrected chi connectivity index (χ3v) is 3.19. The third-order valence-electron chi connectivity index (χ3n) is 3.19. The van der Waals surface area contributed by atoms with E-state index in [0.717, 1.165) is 25.1 Å². The lowest BCUT2D eigenvalue weighted by atomic mass is 10.1. The minimum atomic E-state index is -0.472. The van der Waals surface area contributed by atoms with Crippen LogP contribution < -0.4 is 5.32 Å². The first-order valence-corrected chi connectivity index (χ1v) is 7.50. The van der Waals surface area contributed by atoms with Crippen LogP contribution in [0.25, 0.3) is 0 Å². The SMILES string of the molecule is CCCC(O)CNC(=O)c1cnn(CC(C)C)c1CC. The number of aliphatic hydroxyl groups is 1. The zero-order chi connectivity index (χ0) is 15.1. The minimum Gasteiger partial charge on any atom is -0.391 e. The van der Waals surface area contributed by atoms with Gasteiger partial charge < -0.3 is 10.4 Å². The van der Waals surface area contributed by atoms with Crippen molar-refractivity contribution in [3.63, 3.8) is 0 Å². The smallest absolute Gasteiger partial charge is 0.254 e. The quantitative estimate of drug-likeness (QED) is 0.766. The highest BCUT2D eigenvalue weighted by Gasteiger charge is 2.17. The summed E-state index contributed by atoms with van der Waals surface area (Å²) in [4.78, 5) is 12.2. The molecule has 0 radical (unpaired) electrons. The van der Waals surface area contributed by atoms with E-state index in [2.05, 4.69) is 24.3 Å². The summed E-state index contributed by atoms with van der Waals surface area (Å²) in [5.74, 6) is 0.342. The summed E-state index contributed by atoms with van der Waals surface area (Å²) >= 11 is 0. The van der Waals surface area contributed by atoms with Crippen LogP contribution >= 0.6 is 0 Å². The van der Waals surface area contributed by atoms with Gasteiger partial charge in [0.2, 0.25) is 0 Å². The standard InChI is InChI=1S/C15H27N3O2/c1-5-7-12(19)8-16-15(20)13-9-17-18(10-11(3)4)14(13)6-2/h9,11-12,19H,5-8,10H2,1-4H3,(H,16,20). The van der Waals surface area contributed by atoms with Gasteiger partial charge in [-0.1, -0.05) is 34.1 Å². The van der Waals surface area contributed by atoms with Crippen LogP contribution in [-0.4, -0.2) is 33.4 Å². The minimum absolute atomic E-state index is 0.146. The van der Waals surface area contributed by atoms with Gasteiger partial charge in [-0.15, -0.1) is 0 Å². The van der Waals surface area contributed by atoms with Gasteiger partial charge in [0.1, 0.15) is 0 Å². The van der Waals surface area contributed by atoms with Crippen molar-refractivity contribution in [2.75, 3.05) is 6.54 Å². The summed E-state index contributed by atoms with van der Waals surface area (Å²) in [7, 11) is 0. The molecule has 1 aromatic heterocycles. The van der Waals surface area contributed by atoms with Crippen molar-refractivity contribution in [3.8, 4) is 0 Å². The maximum Gasteiger partial charge on any atom is 0.254 e. The summed E-state index contributed by atoms with van der Waals surface area (Å²) in [6.45, 7) is 9.40. The second-order valence-corrected chi connectivity index (χ2v) is 5.59. The van der Waals surface area contributed by atoms with Crippen LogP contribution in [0, 0.1) is 5.92 Å². The molecule has 1 unspecified atom stereocenters. The summed E-state index contributed by atoms with van der Waals surface area (Å²) in [6.07, 6.45) is 3.53. The van der Waals surface area contributed by atoms with Crippen molar-refractivity contribution in [3.05, 3.63) is 17.5 Å². The molecule has 1 heterocycles. The number of hydrogen-bond donors (Lipinski definition) is 2. The molecule has 0 saturated carbocycles. The van der Waals surface area contributed by atoms with E-state index < -0.39 is 6.10 Å². The van der Waals surface area contributed by atoms with Crippen LogP contribution in [0.1, 0.15) is 56.6 Å². The first-order valence-electron chi connectivity index (χ1n) is 7.50. The second kappa shape index (κ2) is 8.04. The molecule has 5 heteroatoms. The van der Waals surface area contributed by atoms with Gasteiger partial charge in [0.15, 0.2) is 0 Å². The largest absolute Gasteiger partial charge is 0.391 e. The lowest BCUT2D eigenvalue weighted by Gasteiger charge is -2.12. The number of carbonyl (C=O) groups excluding carboxylic acids is 1. The Morgan fingerprint density at radius 3 is 2.70 bits per heavy atom. The van der Waals surface area contributed by atoms with Crippen LogP contribution in [0.2, 0.25) is 0 Å². The van der Waals surface area contributed by atoms with Crippen LogP contribution in [0.5, 0.6) is 0 Å². The first-order chi connectivity index (χ1) is 9.49. The maximum atomic E-state index is 12.2. The van der Waals surface area contributed by atoms with Crippen molar-refractivity contribution in [1.82, 2.24) is 15.1 Å². The number of carbonyl (C=O) groups is 1. The molecule has 0 aromatic carbocycles. The number of rotatable bonds is 8. The average molecular weight is 281 g/mol. The highest BCUT2D eigenvalue weighted by Crippen LogP contribution is 2.12. The lowest BCUT2D eigenvalue weighted by Crippen LogP contribution is -2.32. The van der Waals surface area contributed by atoms with Gasteiger partial charge in [-0.05, 0) is 18.8 Å². The van der Waals surface area contributed by atoms with E-state index in [9.17, 15) is 9.90 Å². The molecule has 0 bridgehead atoms. The molecule has 0 aliphatic heterocycles. The Kier molecular flexibility index (Phi) is 6.71. The van der Waals surface area contributed by atoms with Gasteiger partial charge in [0.05, 0.1) is 23.6 Å². The van der Waals surface area contributed by atoms with E-state index in [-0.39, 0.29) is 5.91 Å². The van der Waals surface area contributed by atoms with E-state index in [1.165, 1.54) is 0 Å². The maximum absolute atomic E-state index is 12.2. The number of aliphatic hydroxyl groups excluding tert-OH is 1. The summed E-state index contributed by atoms with van der Waals surface area (Å²) in [6, 6.07) is 0. The topological polar surface area (TPSA) is 67.2 Å². The van der Waals surface area contributed by atoms with E-state index in [1.54, 1.807) is 6.20 Å². The van der Waals surface area contributed by atoms with Gasteiger partial charge in [-0.2, -0.15) is 5.10 Å². The van der Waals surface area contributed by atoms with Crippen molar-refractivity contribution in [2.45, 2.75) is 59.6 Å². The van der Waals surface area contributed by atoms with Gasteiger partial charge in [0, 0.05) is 13.1 Å². The average Bonchev–Trinajstić information content (AvgIpc) is 2.78. The Morgan fingerprint density at radius 2 is 2.15 bits per heavy atom. The zero-order valence-corrected chi connectivity index (χ0v) is 13.0. The lowest BCUT2D eigenvalue weighted by molar-refractivity contribution is 0.0909. The van der Waals surface area contributed by atoms with Gasteiger partial charge in [-0.25, -0.2) is 0 Å². The normalized spacial score (nSPS) is 12.7. The molecule has 2 N–H and O–H groups in total.